The van der Waals surface area contributed by atoms with Crippen molar-refractivity contribution in [2.75, 3.05) is 7.11 Å². The molecule has 0 spiro atoms. The van der Waals surface area contributed by atoms with Crippen LogP contribution in [0.5, 0.6) is 11.5 Å². The fourth-order valence-corrected chi connectivity index (χ4v) is 1.77. The molecule has 0 bridgehead atoms. The van der Waals surface area contributed by atoms with E-state index in [-0.39, 0.29) is 17.9 Å². The van der Waals surface area contributed by atoms with Gasteiger partial charge in [-0.3, -0.25) is 0 Å². The molecule has 0 saturated heterocycles. The number of carboxylic acids is 1. The van der Waals surface area contributed by atoms with Crippen molar-refractivity contribution in [3.63, 3.8) is 0 Å². The second-order valence-electron chi connectivity index (χ2n) is 4.05. The van der Waals surface area contributed by atoms with Crippen LogP contribution in [-0.2, 0) is 6.61 Å². The van der Waals surface area contributed by atoms with Crippen LogP contribution in [0.15, 0.2) is 42.5 Å². The molecule has 0 aliphatic carbocycles. The molecule has 104 valence electrons. The van der Waals surface area contributed by atoms with Crippen molar-refractivity contribution in [1.29, 1.82) is 0 Å². The maximum atomic E-state index is 13.1. The lowest BCUT2D eigenvalue weighted by atomic mass is 10.2. The van der Waals surface area contributed by atoms with Crippen LogP contribution in [0.4, 0.5) is 4.39 Å². The van der Waals surface area contributed by atoms with Crippen LogP contribution >= 0.6 is 0 Å². The number of carboxylic acid groups (broad SMARTS) is 1. The predicted molar refractivity (Wildman–Crippen MR) is 70.7 cm³/mol. The summed E-state index contributed by atoms with van der Waals surface area (Å²) in [6.07, 6.45) is 0. The monoisotopic (exact) mass is 276 g/mol. The molecule has 0 unspecified atom stereocenters. The topological polar surface area (TPSA) is 55.8 Å². The number of ether oxygens (including phenoxy) is 2. The minimum Gasteiger partial charge on any atom is -0.496 e. The largest absolute Gasteiger partial charge is 0.496 e. The molecule has 4 nitrogen and oxygen atoms in total. The van der Waals surface area contributed by atoms with Crippen molar-refractivity contribution in [3.05, 3.63) is 59.4 Å². The fraction of sp³-hybridized carbons (Fsp3) is 0.133. The van der Waals surface area contributed by atoms with Crippen molar-refractivity contribution in [2.45, 2.75) is 6.61 Å². The minimum absolute atomic E-state index is 0.116. The van der Waals surface area contributed by atoms with E-state index < -0.39 is 11.8 Å². The zero-order valence-electron chi connectivity index (χ0n) is 10.8. The minimum atomic E-state index is -1.24. The molecule has 2 rings (SSSR count). The van der Waals surface area contributed by atoms with Gasteiger partial charge in [-0.2, -0.15) is 0 Å². The van der Waals surface area contributed by atoms with E-state index in [2.05, 4.69) is 0 Å². The molecule has 1 N–H and O–H groups in total. The van der Waals surface area contributed by atoms with E-state index in [1.807, 2.05) is 18.2 Å². The van der Waals surface area contributed by atoms with E-state index in [1.165, 1.54) is 6.07 Å². The zero-order chi connectivity index (χ0) is 14.5. The fourth-order valence-electron chi connectivity index (χ4n) is 1.77. The molecule has 2 aromatic carbocycles. The molecule has 0 aliphatic rings. The summed E-state index contributed by atoms with van der Waals surface area (Å²) >= 11 is 0. The number of aromatic carboxylic acids is 1. The van der Waals surface area contributed by atoms with E-state index in [9.17, 15) is 9.18 Å². The Labute approximate surface area is 115 Å². The maximum absolute atomic E-state index is 13.1. The van der Waals surface area contributed by atoms with E-state index in [4.69, 9.17) is 14.6 Å². The zero-order valence-corrected chi connectivity index (χ0v) is 10.8. The van der Waals surface area contributed by atoms with Crippen LogP contribution in [0.3, 0.4) is 0 Å². The summed E-state index contributed by atoms with van der Waals surface area (Å²) in [5, 5.41) is 9.02. The molecule has 5 heteroatoms. The summed E-state index contributed by atoms with van der Waals surface area (Å²) in [6, 6.07) is 10.6. The Morgan fingerprint density at radius 1 is 1.20 bits per heavy atom. The van der Waals surface area contributed by atoms with Crippen molar-refractivity contribution in [3.8, 4) is 11.5 Å². The summed E-state index contributed by atoms with van der Waals surface area (Å²) in [5.74, 6) is -1.09. The van der Waals surface area contributed by atoms with Crippen molar-refractivity contribution < 1.29 is 23.8 Å². The van der Waals surface area contributed by atoms with Gasteiger partial charge < -0.3 is 14.6 Å². The molecule has 0 aromatic heterocycles. The third kappa shape index (κ3) is 3.06. The number of carbonyl (C=O) groups is 1. The molecule has 0 heterocycles. The van der Waals surface area contributed by atoms with Gasteiger partial charge in [0.1, 0.15) is 29.5 Å². The lowest BCUT2D eigenvalue weighted by Gasteiger charge is -2.11. The molecule has 0 atom stereocenters. The highest BCUT2D eigenvalue weighted by Gasteiger charge is 2.13. The van der Waals surface area contributed by atoms with Gasteiger partial charge in [0.05, 0.1) is 7.11 Å². The second kappa shape index (κ2) is 6.06. The summed E-state index contributed by atoms with van der Waals surface area (Å²) in [5.41, 5.74) is 0.565. The Hall–Kier alpha value is -2.56. The Morgan fingerprint density at radius 2 is 1.95 bits per heavy atom. The van der Waals surface area contributed by atoms with E-state index in [1.54, 1.807) is 13.2 Å². The van der Waals surface area contributed by atoms with Gasteiger partial charge in [-0.05, 0) is 24.3 Å². The van der Waals surface area contributed by atoms with Gasteiger partial charge in [-0.25, -0.2) is 9.18 Å². The molecular formula is C15H13FO4. The van der Waals surface area contributed by atoms with Crippen LogP contribution in [0.2, 0.25) is 0 Å². The average Bonchev–Trinajstić information content (AvgIpc) is 2.46. The first-order chi connectivity index (χ1) is 9.61. The summed E-state index contributed by atoms with van der Waals surface area (Å²) in [7, 11) is 1.54. The molecule has 0 fully saturated rings. The normalized spacial score (nSPS) is 10.1. The highest BCUT2D eigenvalue weighted by Crippen LogP contribution is 2.23. The highest BCUT2D eigenvalue weighted by molar-refractivity contribution is 5.90. The summed E-state index contributed by atoms with van der Waals surface area (Å²) in [6.45, 7) is 0.135. The number of benzene rings is 2. The lowest BCUT2D eigenvalue weighted by molar-refractivity contribution is 0.0691. The van der Waals surface area contributed by atoms with E-state index in [0.717, 1.165) is 17.7 Å². The molecular weight excluding hydrogens is 263 g/mol. The first-order valence-electron chi connectivity index (χ1n) is 5.89. The Morgan fingerprint density at radius 3 is 2.65 bits per heavy atom. The Kier molecular flexibility index (Phi) is 4.20. The number of hydrogen-bond donors (Lipinski definition) is 1. The van der Waals surface area contributed by atoms with Crippen molar-refractivity contribution in [1.82, 2.24) is 0 Å². The standard InChI is InChI=1S/C15H13FO4/c1-19-13-5-3-2-4-10(13)9-20-14-7-6-11(16)8-12(14)15(17)18/h2-8H,9H2,1H3,(H,17,18). The van der Waals surface area contributed by atoms with Gasteiger partial charge in [0.2, 0.25) is 0 Å². The van der Waals surface area contributed by atoms with Crippen molar-refractivity contribution >= 4 is 5.97 Å². The van der Waals surface area contributed by atoms with E-state index in [0.29, 0.717) is 5.75 Å². The van der Waals surface area contributed by atoms with Crippen LogP contribution in [0, 0.1) is 5.82 Å². The molecule has 0 amide bonds. The summed E-state index contributed by atoms with van der Waals surface area (Å²) in [4.78, 5) is 11.0. The molecule has 20 heavy (non-hydrogen) atoms. The van der Waals surface area contributed by atoms with Crippen LogP contribution in [-0.4, -0.2) is 18.2 Å². The van der Waals surface area contributed by atoms with E-state index >= 15 is 0 Å². The van der Waals surface area contributed by atoms with Gasteiger partial charge in [-0.15, -0.1) is 0 Å². The Balaban J connectivity index is 2.21. The molecule has 0 saturated carbocycles. The first-order valence-corrected chi connectivity index (χ1v) is 5.89. The number of methoxy groups -OCH3 is 1. The molecule has 2 aromatic rings. The highest BCUT2D eigenvalue weighted by atomic mass is 19.1. The van der Waals surface area contributed by atoms with Crippen molar-refractivity contribution in [2.24, 2.45) is 0 Å². The third-order valence-corrected chi connectivity index (χ3v) is 2.75. The van der Waals surface area contributed by atoms with Gasteiger partial charge >= 0.3 is 5.97 Å². The maximum Gasteiger partial charge on any atom is 0.339 e. The van der Waals surface area contributed by atoms with Gasteiger partial charge in [0.15, 0.2) is 0 Å². The smallest absolute Gasteiger partial charge is 0.339 e. The Bertz CT molecular complexity index is 625. The second-order valence-corrected chi connectivity index (χ2v) is 4.05. The predicted octanol–water partition coefficient (Wildman–Crippen LogP) is 3.11. The molecule has 0 aliphatic heterocycles. The SMILES string of the molecule is COc1ccccc1COc1ccc(F)cc1C(=O)O. The van der Waals surface area contributed by atoms with Gasteiger partial charge in [-0.1, -0.05) is 18.2 Å². The molecule has 0 radical (unpaired) electrons. The number of rotatable bonds is 5. The van der Waals surface area contributed by atoms with Crippen LogP contribution in [0.1, 0.15) is 15.9 Å². The van der Waals surface area contributed by atoms with Gasteiger partial charge in [0.25, 0.3) is 0 Å². The first kappa shape index (κ1) is 13.9. The summed E-state index contributed by atoms with van der Waals surface area (Å²) < 4.78 is 23.7. The number of hydrogen-bond acceptors (Lipinski definition) is 3. The van der Waals surface area contributed by atoms with Crippen LogP contribution < -0.4 is 9.47 Å². The number of para-hydroxylation sites is 1. The lowest BCUT2D eigenvalue weighted by Crippen LogP contribution is -2.04. The van der Waals surface area contributed by atoms with Crippen LogP contribution in [0.25, 0.3) is 0 Å². The number of halogens is 1. The quantitative estimate of drug-likeness (QED) is 0.911. The average molecular weight is 276 g/mol. The van der Waals surface area contributed by atoms with Gasteiger partial charge in [0, 0.05) is 5.56 Å². The third-order valence-electron chi connectivity index (χ3n) is 2.75.